The second-order valence-electron chi connectivity index (χ2n) is 6.27. The Morgan fingerprint density at radius 2 is 1.46 bits per heavy atom. The summed E-state index contributed by atoms with van der Waals surface area (Å²) < 4.78 is 0. The molecule has 24 heavy (non-hydrogen) atoms. The van der Waals surface area contributed by atoms with E-state index in [-0.39, 0.29) is 11.9 Å². The monoisotopic (exact) mass is 323 g/mol. The molecule has 0 spiro atoms. The molecule has 0 unspecified atom stereocenters. The van der Waals surface area contributed by atoms with Crippen molar-refractivity contribution in [3.05, 3.63) is 60.7 Å². The number of anilines is 2. The maximum atomic E-state index is 12.8. The van der Waals surface area contributed by atoms with Crippen LogP contribution in [0.5, 0.6) is 0 Å². The summed E-state index contributed by atoms with van der Waals surface area (Å²) in [4.78, 5) is 19.2. The van der Waals surface area contributed by atoms with Gasteiger partial charge in [-0.15, -0.1) is 0 Å². The normalized spacial score (nSPS) is 16.7. The van der Waals surface area contributed by atoms with Crippen LogP contribution in [0, 0.1) is 0 Å². The average molecular weight is 323 g/mol. The quantitative estimate of drug-likeness (QED) is 0.866. The van der Waals surface area contributed by atoms with Gasteiger partial charge in [0.15, 0.2) is 0 Å². The van der Waals surface area contributed by atoms with Gasteiger partial charge in [-0.2, -0.15) is 0 Å². The van der Waals surface area contributed by atoms with Crippen molar-refractivity contribution in [2.45, 2.75) is 13.0 Å². The van der Waals surface area contributed by atoms with E-state index in [0.29, 0.717) is 0 Å². The second kappa shape index (κ2) is 7.49. The number of carbonyl (C=O) groups is 1. The van der Waals surface area contributed by atoms with Gasteiger partial charge in [0.05, 0.1) is 6.04 Å². The molecular formula is C20H25N3O. The van der Waals surface area contributed by atoms with Gasteiger partial charge in [-0.05, 0) is 31.2 Å². The molecule has 4 nitrogen and oxygen atoms in total. The molecule has 2 aromatic carbocycles. The van der Waals surface area contributed by atoms with Crippen LogP contribution in [-0.2, 0) is 4.79 Å². The van der Waals surface area contributed by atoms with Gasteiger partial charge >= 0.3 is 0 Å². The smallest absolute Gasteiger partial charge is 0.243 e. The number of piperazine rings is 1. The SMILES string of the molecule is C[C@H](C(=O)N(C)c1ccccc1)N1CCN(c2ccccc2)CC1. The number of amides is 1. The van der Waals surface area contributed by atoms with E-state index in [2.05, 4.69) is 34.1 Å². The summed E-state index contributed by atoms with van der Waals surface area (Å²) in [5.74, 6) is 0.148. The summed E-state index contributed by atoms with van der Waals surface area (Å²) in [6.07, 6.45) is 0. The van der Waals surface area contributed by atoms with E-state index in [1.807, 2.05) is 50.4 Å². The molecule has 0 aliphatic carbocycles. The Hall–Kier alpha value is -2.33. The van der Waals surface area contributed by atoms with Crippen LogP contribution in [0.4, 0.5) is 11.4 Å². The molecule has 1 fully saturated rings. The summed E-state index contributed by atoms with van der Waals surface area (Å²) in [7, 11) is 1.86. The highest BCUT2D eigenvalue weighted by Gasteiger charge is 2.27. The van der Waals surface area contributed by atoms with Crippen molar-refractivity contribution < 1.29 is 4.79 Å². The molecule has 0 saturated carbocycles. The molecular weight excluding hydrogens is 298 g/mol. The molecule has 3 rings (SSSR count). The molecule has 1 amide bonds. The fourth-order valence-electron chi connectivity index (χ4n) is 3.22. The number of benzene rings is 2. The molecule has 1 saturated heterocycles. The molecule has 0 aromatic heterocycles. The van der Waals surface area contributed by atoms with Gasteiger partial charge in [0.1, 0.15) is 0 Å². The molecule has 1 heterocycles. The van der Waals surface area contributed by atoms with Gasteiger partial charge in [-0.3, -0.25) is 9.69 Å². The molecule has 0 bridgehead atoms. The molecule has 0 N–H and O–H groups in total. The third kappa shape index (κ3) is 3.60. The lowest BCUT2D eigenvalue weighted by molar-refractivity contribution is -0.123. The van der Waals surface area contributed by atoms with Crippen LogP contribution in [0.2, 0.25) is 0 Å². The molecule has 1 atom stereocenters. The minimum absolute atomic E-state index is 0.104. The number of likely N-dealkylation sites (N-methyl/N-ethyl adjacent to an activating group) is 1. The largest absolute Gasteiger partial charge is 0.369 e. The third-order valence-electron chi connectivity index (χ3n) is 4.81. The number of nitrogens with zero attached hydrogens (tertiary/aromatic N) is 3. The zero-order chi connectivity index (χ0) is 16.9. The second-order valence-corrected chi connectivity index (χ2v) is 6.27. The summed E-state index contributed by atoms with van der Waals surface area (Å²) in [6, 6.07) is 20.2. The van der Waals surface area contributed by atoms with Gasteiger partial charge in [-0.25, -0.2) is 0 Å². The van der Waals surface area contributed by atoms with Crippen LogP contribution in [0.25, 0.3) is 0 Å². The maximum absolute atomic E-state index is 12.8. The lowest BCUT2D eigenvalue weighted by Gasteiger charge is -2.39. The fourth-order valence-corrected chi connectivity index (χ4v) is 3.22. The van der Waals surface area contributed by atoms with E-state index in [9.17, 15) is 4.79 Å². The minimum Gasteiger partial charge on any atom is -0.369 e. The molecule has 1 aliphatic heterocycles. The van der Waals surface area contributed by atoms with Crippen LogP contribution < -0.4 is 9.80 Å². The fraction of sp³-hybridized carbons (Fsp3) is 0.350. The molecule has 0 radical (unpaired) electrons. The van der Waals surface area contributed by atoms with Crippen molar-refractivity contribution in [2.75, 3.05) is 43.0 Å². The van der Waals surface area contributed by atoms with Crippen molar-refractivity contribution >= 4 is 17.3 Å². The van der Waals surface area contributed by atoms with Crippen molar-refractivity contribution in [1.82, 2.24) is 4.90 Å². The summed E-state index contributed by atoms with van der Waals surface area (Å²) >= 11 is 0. The van der Waals surface area contributed by atoms with Gasteiger partial charge in [0.25, 0.3) is 0 Å². The number of para-hydroxylation sites is 2. The Labute approximate surface area is 144 Å². The molecule has 4 heteroatoms. The number of carbonyl (C=O) groups excluding carboxylic acids is 1. The average Bonchev–Trinajstić information content (AvgIpc) is 2.68. The first-order valence-electron chi connectivity index (χ1n) is 8.53. The zero-order valence-corrected chi connectivity index (χ0v) is 14.4. The summed E-state index contributed by atoms with van der Waals surface area (Å²) in [5, 5.41) is 0. The first kappa shape index (κ1) is 16.5. The predicted octanol–water partition coefficient (Wildman–Crippen LogP) is 2.86. The Bertz CT molecular complexity index is 651. The van der Waals surface area contributed by atoms with E-state index in [1.165, 1.54) is 5.69 Å². The highest BCUT2D eigenvalue weighted by Crippen LogP contribution is 2.18. The predicted molar refractivity (Wildman–Crippen MR) is 99.5 cm³/mol. The number of rotatable bonds is 4. The highest BCUT2D eigenvalue weighted by atomic mass is 16.2. The number of hydrogen-bond acceptors (Lipinski definition) is 3. The van der Waals surface area contributed by atoms with Gasteiger partial charge < -0.3 is 9.80 Å². The van der Waals surface area contributed by atoms with E-state index in [4.69, 9.17) is 0 Å². The standard InChI is InChI=1S/C20H25N3O/c1-17(20(24)21(2)18-9-5-3-6-10-18)22-13-15-23(16-14-22)19-11-7-4-8-12-19/h3-12,17H,13-16H2,1-2H3/t17-/m1/s1. The van der Waals surface area contributed by atoms with Crippen molar-refractivity contribution in [3.8, 4) is 0 Å². The first-order chi connectivity index (χ1) is 11.7. The Kier molecular flexibility index (Phi) is 5.16. The van der Waals surface area contributed by atoms with Crippen LogP contribution in [0.15, 0.2) is 60.7 Å². The zero-order valence-electron chi connectivity index (χ0n) is 14.4. The lowest BCUT2D eigenvalue weighted by Crippen LogP contribution is -2.54. The van der Waals surface area contributed by atoms with Gasteiger partial charge in [0.2, 0.25) is 5.91 Å². The molecule has 1 aliphatic rings. The van der Waals surface area contributed by atoms with Crippen molar-refractivity contribution in [2.24, 2.45) is 0 Å². The Morgan fingerprint density at radius 1 is 0.917 bits per heavy atom. The summed E-state index contributed by atoms with van der Waals surface area (Å²) in [5.41, 5.74) is 2.20. The molecule has 2 aromatic rings. The van der Waals surface area contributed by atoms with Crippen molar-refractivity contribution in [1.29, 1.82) is 0 Å². The lowest BCUT2D eigenvalue weighted by atomic mass is 10.1. The summed E-state index contributed by atoms with van der Waals surface area (Å²) in [6.45, 7) is 5.74. The number of hydrogen-bond donors (Lipinski definition) is 0. The molecule has 126 valence electrons. The van der Waals surface area contributed by atoms with Crippen LogP contribution in [0.3, 0.4) is 0 Å². The van der Waals surface area contributed by atoms with Crippen LogP contribution in [-0.4, -0.2) is 50.1 Å². The van der Waals surface area contributed by atoms with E-state index in [0.717, 1.165) is 31.9 Å². The van der Waals surface area contributed by atoms with Gasteiger partial charge in [-0.1, -0.05) is 36.4 Å². The third-order valence-corrected chi connectivity index (χ3v) is 4.81. The highest BCUT2D eigenvalue weighted by molar-refractivity contribution is 5.96. The van der Waals surface area contributed by atoms with E-state index >= 15 is 0 Å². The Balaban J connectivity index is 1.58. The Morgan fingerprint density at radius 3 is 2.04 bits per heavy atom. The topological polar surface area (TPSA) is 26.8 Å². The van der Waals surface area contributed by atoms with Crippen LogP contribution in [0.1, 0.15) is 6.92 Å². The first-order valence-corrected chi connectivity index (χ1v) is 8.53. The van der Waals surface area contributed by atoms with Crippen molar-refractivity contribution in [3.63, 3.8) is 0 Å². The van der Waals surface area contributed by atoms with E-state index in [1.54, 1.807) is 4.90 Å². The maximum Gasteiger partial charge on any atom is 0.243 e. The van der Waals surface area contributed by atoms with Crippen LogP contribution >= 0.6 is 0 Å². The van der Waals surface area contributed by atoms with Gasteiger partial charge in [0, 0.05) is 44.6 Å². The minimum atomic E-state index is -0.104. The van der Waals surface area contributed by atoms with E-state index < -0.39 is 0 Å².